The van der Waals surface area contributed by atoms with Gasteiger partial charge in [-0.3, -0.25) is 9.59 Å². The fourth-order valence-electron chi connectivity index (χ4n) is 2.33. The molecule has 0 atom stereocenters. The molecule has 0 unspecified atom stereocenters. The van der Waals surface area contributed by atoms with E-state index in [1.54, 1.807) is 13.0 Å². The number of sulfonamides is 1. The van der Waals surface area contributed by atoms with E-state index in [1.807, 2.05) is 0 Å². The van der Waals surface area contributed by atoms with Crippen LogP contribution in [0.4, 0.5) is 0 Å². The molecule has 2 rings (SSSR count). The minimum atomic E-state index is -3.70. The highest BCUT2D eigenvalue weighted by molar-refractivity contribution is 7.89. The summed E-state index contributed by atoms with van der Waals surface area (Å²) in [6.07, 6.45) is -0.198. The summed E-state index contributed by atoms with van der Waals surface area (Å²) in [5.74, 6) is -1.52. The quantitative estimate of drug-likeness (QED) is 0.754. The van der Waals surface area contributed by atoms with Crippen LogP contribution in [0.1, 0.15) is 22.3 Å². The number of hydrogen-bond acceptors (Lipinski definition) is 5. The topological polar surface area (TPSA) is 113 Å². The van der Waals surface area contributed by atoms with Gasteiger partial charge in [0.05, 0.1) is 24.5 Å². The van der Waals surface area contributed by atoms with Crippen molar-refractivity contribution in [3.8, 4) is 0 Å². The van der Waals surface area contributed by atoms with Gasteiger partial charge in [-0.1, -0.05) is 6.07 Å². The van der Waals surface area contributed by atoms with E-state index in [0.717, 1.165) is 0 Å². The van der Waals surface area contributed by atoms with Crippen molar-refractivity contribution in [2.75, 3.05) is 32.8 Å². The Bertz CT molecular complexity index is 725. The van der Waals surface area contributed by atoms with Gasteiger partial charge in [-0.05, 0) is 24.6 Å². The van der Waals surface area contributed by atoms with Crippen LogP contribution in [0.25, 0.3) is 0 Å². The predicted octanol–water partition coefficient (Wildman–Crippen LogP) is 0.220. The number of carbonyl (C=O) groups is 2. The molecule has 24 heavy (non-hydrogen) atoms. The molecule has 1 aliphatic rings. The summed E-state index contributed by atoms with van der Waals surface area (Å²) in [5.41, 5.74) is 0.724. The number of hydrogen-bond donors (Lipinski definition) is 2. The Morgan fingerprint density at radius 2 is 1.96 bits per heavy atom. The van der Waals surface area contributed by atoms with Gasteiger partial charge < -0.3 is 15.2 Å². The summed E-state index contributed by atoms with van der Waals surface area (Å²) in [5, 5.41) is 11.0. The van der Waals surface area contributed by atoms with Crippen LogP contribution in [0.3, 0.4) is 0 Å². The smallest absolute Gasteiger partial charge is 0.305 e. The number of nitrogens with zero attached hydrogens (tertiary/aromatic N) is 1. The van der Waals surface area contributed by atoms with Crippen molar-refractivity contribution in [2.45, 2.75) is 18.2 Å². The van der Waals surface area contributed by atoms with Crippen molar-refractivity contribution in [3.63, 3.8) is 0 Å². The van der Waals surface area contributed by atoms with Crippen LogP contribution in [0.15, 0.2) is 23.1 Å². The summed E-state index contributed by atoms with van der Waals surface area (Å²) in [6, 6.07) is 4.42. The lowest BCUT2D eigenvalue weighted by Crippen LogP contribution is -2.41. The Morgan fingerprint density at radius 1 is 1.29 bits per heavy atom. The number of carboxylic acids is 1. The van der Waals surface area contributed by atoms with Crippen molar-refractivity contribution in [3.05, 3.63) is 29.3 Å². The molecule has 9 heteroatoms. The maximum Gasteiger partial charge on any atom is 0.305 e. The Labute approximate surface area is 140 Å². The molecule has 132 valence electrons. The number of aryl methyl sites for hydroxylation is 1. The zero-order chi connectivity index (χ0) is 17.7. The van der Waals surface area contributed by atoms with Crippen LogP contribution in [0.5, 0.6) is 0 Å². The number of morpholine rings is 1. The molecule has 1 fully saturated rings. The molecule has 0 aliphatic carbocycles. The van der Waals surface area contributed by atoms with Gasteiger partial charge in [0.1, 0.15) is 0 Å². The lowest BCUT2D eigenvalue weighted by atomic mass is 10.1. The second-order valence-electron chi connectivity index (χ2n) is 5.40. The Balaban J connectivity index is 2.21. The summed E-state index contributed by atoms with van der Waals surface area (Å²) in [7, 11) is -3.70. The number of carboxylic acid groups (broad SMARTS) is 1. The van der Waals surface area contributed by atoms with E-state index in [4.69, 9.17) is 9.84 Å². The van der Waals surface area contributed by atoms with Crippen LogP contribution in [-0.4, -0.2) is 62.6 Å². The molecule has 1 aliphatic heterocycles. The van der Waals surface area contributed by atoms with Gasteiger partial charge in [0.15, 0.2) is 0 Å². The van der Waals surface area contributed by atoms with E-state index < -0.39 is 21.9 Å². The first-order chi connectivity index (χ1) is 11.3. The van der Waals surface area contributed by atoms with Crippen molar-refractivity contribution in [2.24, 2.45) is 0 Å². The minimum absolute atomic E-state index is 0.0202. The minimum Gasteiger partial charge on any atom is -0.481 e. The van der Waals surface area contributed by atoms with E-state index in [1.165, 1.54) is 16.4 Å². The highest BCUT2D eigenvalue weighted by Gasteiger charge is 2.28. The molecule has 0 aromatic heterocycles. The first-order valence-corrected chi connectivity index (χ1v) is 8.95. The fourth-order valence-corrected chi connectivity index (χ4v) is 3.99. The fraction of sp³-hybridized carbons (Fsp3) is 0.467. The highest BCUT2D eigenvalue weighted by atomic mass is 32.2. The van der Waals surface area contributed by atoms with Crippen LogP contribution in [-0.2, 0) is 19.6 Å². The standard InChI is InChI=1S/C15H20N2O6S/c1-11-2-3-12(15(20)16-5-4-14(18)19)10-13(11)24(21,22)17-6-8-23-9-7-17/h2-3,10H,4-9H2,1H3,(H,16,20)(H,18,19). The molecule has 0 saturated carbocycles. The zero-order valence-electron chi connectivity index (χ0n) is 13.3. The van der Waals surface area contributed by atoms with Crippen molar-refractivity contribution < 1.29 is 27.9 Å². The average Bonchev–Trinajstić information content (AvgIpc) is 2.55. The van der Waals surface area contributed by atoms with Crippen molar-refractivity contribution in [1.82, 2.24) is 9.62 Å². The molecule has 0 bridgehead atoms. The number of nitrogens with one attached hydrogen (secondary N) is 1. The number of amides is 1. The molecule has 1 heterocycles. The average molecular weight is 356 g/mol. The third-order valence-electron chi connectivity index (χ3n) is 3.66. The normalized spacial score (nSPS) is 15.9. The van der Waals surface area contributed by atoms with Crippen molar-refractivity contribution in [1.29, 1.82) is 0 Å². The molecular formula is C15H20N2O6S. The third kappa shape index (κ3) is 4.31. The Kier molecular flexibility index (Phi) is 5.92. The molecule has 0 spiro atoms. The van der Waals surface area contributed by atoms with Gasteiger partial charge >= 0.3 is 5.97 Å². The van der Waals surface area contributed by atoms with Gasteiger partial charge in [0.2, 0.25) is 10.0 Å². The molecule has 1 saturated heterocycles. The second kappa shape index (κ2) is 7.73. The molecule has 1 aromatic rings. The lowest BCUT2D eigenvalue weighted by Gasteiger charge is -2.26. The maximum absolute atomic E-state index is 12.7. The van der Waals surface area contributed by atoms with E-state index >= 15 is 0 Å². The Morgan fingerprint density at radius 3 is 2.58 bits per heavy atom. The van der Waals surface area contributed by atoms with Gasteiger partial charge in [-0.15, -0.1) is 0 Å². The van der Waals surface area contributed by atoms with E-state index in [0.29, 0.717) is 18.8 Å². The molecule has 1 aromatic carbocycles. The first kappa shape index (κ1) is 18.4. The lowest BCUT2D eigenvalue weighted by molar-refractivity contribution is -0.136. The number of rotatable bonds is 6. The van der Waals surface area contributed by atoms with Gasteiger partial charge in [-0.2, -0.15) is 4.31 Å². The van der Waals surface area contributed by atoms with E-state index in [2.05, 4.69) is 5.32 Å². The Hall–Kier alpha value is -1.97. The number of aliphatic carboxylic acids is 1. The number of carbonyl (C=O) groups excluding carboxylic acids is 1. The summed E-state index contributed by atoms with van der Waals surface area (Å²) >= 11 is 0. The largest absolute Gasteiger partial charge is 0.481 e. The SMILES string of the molecule is Cc1ccc(C(=O)NCCC(=O)O)cc1S(=O)(=O)N1CCOCC1. The molecule has 8 nitrogen and oxygen atoms in total. The summed E-state index contributed by atoms with van der Waals surface area (Å²) in [6.45, 7) is 2.88. The zero-order valence-corrected chi connectivity index (χ0v) is 14.1. The third-order valence-corrected chi connectivity index (χ3v) is 5.70. The molecular weight excluding hydrogens is 336 g/mol. The van der Waals surface area contributed by atoms with E-state index in [9.17, 15) is 18.0 Å². The monoisotopic (exact) mass is 356 g/mol. The van der Waals surface area contributed by atoms with Crippen LogP contribution in [0.2, 0.25) is 0 Å². The summed E-state index contributed by atoms with van der Waals surface area (Å²) < 4.78 is 32.0. The maximum atomic E-state index is 12.7. The first-order valence-electron chi connectivity index (χ1n) is 7.51. The van der Waals surface area contributed by atoms with Gasteiger partial charge in [0.25, 0.3) is 5.91 Å². The van der Waals surface area contributed by atoms with Crippen LogP contribution in [0, 0.1) is 6.92 Å². The predicted molar refractivity (Wildman–Crippen MR) is 85.3 cm³/mol. The number of benzene rings is 1. The summed E-state index contributed by atoms with van der Waals surface area (Å²) in [4.78, 5) is 22.6. The van der Waals surface area contributed by atoms with Crippen LogP contribution >= 0.6 is 0 Å². The van der Waals surface area contributed by atoms with Crippen molar-refractivity contribution >= 4 is 21.9 Å². The number of ether oxygens (including phenoxy) is 1. The van der Waals surface area contributed by atoms with Gasteiger partial charge in [-0.25, -0.2) is 8.42 Å². The molecule has 0 radical (unpaired) electrons. The van der Waals surface area contributed by atoms with Crippen LogP contribution < -0.4 is 5.32 Å². The second-order valence-corrected chi connectivity index (χ2v) is 7.30. The molecule has 2 N–H and O–H groups in total. The van der Waals surface area contributed by atoms with E-state index in [-0.39, 0.29) is 36.5 Å². The van der Waals surface area contributed by atoms with Gasteiger partial charge in [0, 0.05) is 25.2 Å². The molecule has 1 amide bonds. The highest BCUT2D eigenvalue weighted by Crippen LogP contribution is 2.22.